The fourth-order valence-corrected chi connectivity index (χ4v) is 5.00. The van der Waals surface area contributed by atoms with Gasteiger partial charge in [0.25, 0.3) is 0 Å². The summed E-state index contributed by atoms with van der Waals surface area (Å²) in [5.41, 5.74) is 4.93. The van der Waals surface area contributed by atoms with Crippen LogP contribution in [-0.2, 0) is 6.42 Å². The molecule has 0 spiro atoms. The van der Waals surface area contributed by atoms with Gasteiger partial charge in [0.05, 0.1) is 19.0 Å². The van der Waals surface area contributed by atoms with E-state index in [0.717, 1.165) is 36.1 Å². The van der Waals surface area contributed by atoms with Crippen LogP contribution in [-0.4, -0.2) is 16.6 Å². The van der Waals surface area contributed by atoms with Gasteiger partial charge < -0.3 is 4.74 Å². The van der Waals surface area contributed by atoms with Gasteiger partial charge in [0.2, 0.25) is 0 Å². The van der Waals surface area contributed by atoms with E-state index in [4.69, 9.17) is 4.74 Å². The molecule has 0 N–H and O–H groups in total. The molecule has 1 aromatic heterocycles. The lowest BCUT2D eigenvalue weighted by molar-refractivity contribution is 0.297. The van der Waals surface area contributed by atoms with Crippen LogP contribution in [0.3, 0.4) is 0 Å². The van der Waals surface area contributed by atoms with Crippen molar-refractivity contribution in [2.24, 2.45) is 5.92 Å². The van der Waals surface area contributed by atoms with Gasteiger partial charge in [-0.2, -0.15) is 0 Å². The van der Waals surface area contributed by atoms with Crippen molar-refractivity contribution in [1.29, 1.82) is 0 Å². The molecule has 0 saturated heterocycles. The monoisotopic (exact) mass is 456 g/mol. The number of hydrogen-bond donors (Lipinski definition) is 0. The van der Waals surface area contributed by atoms with Crippen LogP contribution in [0.5, 0.6) is 5.75 Å². The molecule has 2 aromatic carbocycles. The van der Waals surface area contributed by atoms with Crippen molar-refractivity contribution < 1.29 is 4.74 Å². The van der Waals surface area contributed by atoms with E-state index in [0.29, 0.717) is 0 Å². The second-order valence-electron chi connectivity index (χ2n) is 9.82. The largest absolute Gasteiger partial charge is 0.490 e. The number of benzene rings is 2. The first-order valence-electron chi connectivity index (χ1n) is 13.5. The molecule has 0 bridgehead atoms. The molecule has 180 valence electrons. The molecule has 1 heterocycles. The van der Waals surface area contributed by atoms with Gasteiger partial charge in [0.15, 0.2) is 11.6 Å². The van der Waals surface area contributed by atoms with Crippen LogP contribution in [0, 0.1) is 5.92 Å². The number of ether oxygens (including phenoxy) is 1. The van der Waals surface area contributed by atoms with Gasteiger partial charge in [-0.1, -0.05) is 107 Å². The third kappa shape index (κ3) is 7.41. The number of aromatic nitrogens is 2. The number of nitrogens with zero attached hydrogens (tertiary/aromatic N) is 2. The minimum atomic E-state index is 0.738. The fourth-order valence-electron chi connectivity index (χ4n) is 5.00. The molecule has 1 aliphatic rings. The highest BCUT2D eigenvalue weighted by Gasteiger charge is 2.14. The highest BCUT2D eigenvalue weighted by atomic mass is 16.5. The lowest BCUT2D eigenvalue weighted by Gasteiger charge is -2.09. The Morgan fingerprint density at radius 3 is 2.06 bits per heavy atom. The maximum Gasteiger partial charge on any atom is 0.159 e. The number of unbranched alkanes of at least 4 members (excludes halogenated alkanes) is 4. The minimum Gasteiger partial charge on any atom is -0.490 e. The van der Waals surface area contributed by atoms with Gasteiger partial charge in [-0.05, 0) is 48.3 Å². The molecule has 3 heteroatoms. The highest BCUT2D eigenvalue weighted by molar-refractivity contribution is 5.67. The highest BCUT2D eigenvalue weighted by Crippen LogP contribution is 2.29. The smallest absolute Gasteiger partial charge is 0.159 e. The summed E-state index contributed by atoms with van der Waals surface area (Å²) in [5, 5.41) is 0. The van der Waals surface area contributed by atoms with Crippen molar-refractivity contribution >= 4 is 0 Å². The van der Waals surface area contributed by atoms with E-state index in [1.807, 2.05) is 0 Å². The van der Waals surface area contributed by atoms with Gasteiger partial charge in [-0.3, -0.25) is 0 Å². The molecule has 0 radical (unpaired) electrons. The normalized spacial score (nSPS) is 13.9. The van der Waals surface area contributed by atoms with Crippen molar-refractivity contribution in [3.8, 4) is 28.3 Å². The van der Waals surface area contributed by atoms with Crippen LogP contribution in [0.25, 0.3) is 22.5 Å². The molecule has 1 fully saturated rings. The zero-order valence-electron chi connectivity index (χ0n) is 20.8. The molecular formula is C31H40N2O. The van der Waals surface area contributed by atoms with Crippen LogP contribution >= 0.6 is 0 Å². The van der Waals surface area contributed by atoms with Crippen molar-refractivity contribution in [3.05, 3.63) is 66.5 Å². The molecule has 3 nitrogen and oxygen atoms in total. The first kappa shape index (κ1) is 24.4. The van der Waals surface area contributed by atoms with Crippen molar-refractivity contribution in [2.45, 2.75) is 84.0 Å². The van der Waals surface area contributed by atoms with Crippen molar-refractivity contribution in [1.82, 2.24) is 9.97 Å². The van der Waals surface area contributed by atoms with Crippen LogP contribution < -0.4 is 4.74 Å². The SMILES string of the molecule is CCCCCCc1ccc(-c2ccc(-c3ncc(OCCCCC4CCCC4)cn3)cc2)cc1. The zero-order chi connectivity index (χ0) is 23.4. The molecule has 1 aliphatic carbocycles. The summed E-state index contributed by atoms with van der Waals surface area (Å²) >= 11 is 0. The Morgan fingerprint density at radius 2 is 1.38 bits per heavy atom. The van der Waals surface area contributed by atoms with Crippen LogP contribution in [0.2, 0.25) is 0 Å². The Morgan fingerprint density at radius 1 is 0.735 bits per heavy atom. The number of hydrogen-bond acceptors (Lipinski definition) is 3. The summed E-state index contributed by atoms with van der Waals surface area (Å²) in [6.07, 6.45) is 19.5. The van der Waals surface area contributed by atoms with E-state index < -0.39 is 0 Å². The molecule has 4 rings (SSSR count). The quantitative estimate of drug-likeness (QED) is 0.241. The van der Waals surface area contributed by atoms with E-state index in [-0.39, 0.29) is 0 Å². The van der Waals surface area contributed by atoms with Crippen LogP contribution in [0.15, 0.2) is 60.9 Å². The van der Waals surface area contributed by atoms with E-state index in [2.05, 4.69) is 65.4 Å². The topological polar surface area (TPSA) is 35.0 Å². The average Bonchev–Trinajstić information content (AvgIpc) is 3.41. The molecule has 0 unspecified atom stereocenters. The van der Waals surface area contributed by atoms with Gasteiger partial charge >= 0.3 is 0 Å². The summed E-state index contributed by atoms with van der Waals surface area (Å²) in [4.78, 5) is 9.06. The van der Waals surface area contributed by atoms with Crippen LogP contribution in [0.1, 0.15) is 83.1 Å². The first-order chi connectivity index (χ1) is 16.8. The van der Waals surface area contributed by atoms with Gasteiger partial charge in [-0.15, -0.1) is 0 Å². The minimum absolute atomic E-state index is 0.738. The Kier molecular flexibility index (Phi) is 9.54. The van der Waals surface area contributed by atoms with Gasteiger partial charge in [0.1, 0.15) is 0 Å². The second kappa shape index (κ2) is 13.3. The van der Waals surface area contributed by atoms with E-state index >= 15 is 0 Å². The average molecular weight is 457 g/mol. The van der Waals surface area contributed by atoms with Gasteiger partial charge in [-0.25, -0.2) is 9.97 Å². The number of aryl methyl sites for hydroxylation is 1. The molecule has 34 heavy (non-hydrogen) atoms. The van der Waals surface area contributed by atoms with Crippen molar-refractivity contribution in [2.75, 3.05) is 6.61 Å². The van der Waals surface area contributed by atoms with E-state index in [9.17, 15) is 0 Å². The Balaban J connectivity index is 1.23. The van der Waals surface area contributed by atoms with Crippen LogP contribution in [0.4, 0.5) is 0 Å². The summed E-state index contributed by atoms with van der Waals surface area (Å²) in [6.45, 7) is 3.01. The Bertz CT molecular complexity index is 958. The summed E-state index contributed by atoms with van der Waals surface area (Å²) in [6, 6.07) is 17.5. The molecule has 0 atom stereocenters. The van der Waals surface area contributed by atoms with Crippen molar-refractivity contribution in [3.63, 3.8) is 0 Å². The third-order valence-electron chi connectivity index (χ3n) is 7.13. The lowest BCUT2D eigenvalue weighted by Crippen LogP contribution is -2.01. The first-order valence-corrected chi connectivity index (χ1v) is 13.5. The van der Waals surface area contributed by atoms with E-state index in [1.165, 1.54) is 87.3 Å². The summed E-state index contributed by atoms with van der Waals surface area (Å²) < 4.78 is 5.86. The predicted octanol–water partition coefficient (Wildman–Crippen LogP) is 8.67. The Hall–Kier alpha value is -2.68. The molecule has 0 amide bonds. The molecule has 1 saturated carbocycles. The molecular weight excluding hydrogens is 416 g/mol. The maximum atomic E-state index is 5.86. The summed E-state index contributed by atoms with van der Waals surface area (Å²) in [5.74, 6) is 2.47. The standard InChI is InChI=1S/C31H40N2O/c1-2-3-4-5-10-26-14-16-27(17-15-26)28-18-20-29(21-19-28)31-32-23-30(24-33-31)34-22-9-8-13-25-11-6-7-12-25/h14-21,23-25H,2-13,22H2,1H3. The molecule has 3 aromatic rings. The van der Waals surface area contributed by atoms with E-state index in [1.54, 1.807) is 12.4 Å². The predicted molar refractivity (Wildman–Crippen MR) is 142 cm³/mol. The lowest BCUT2D eigenvalue weighted by atomic mass is 10.00. The number of rotatable bonds is 13. The third-order valence-corrected chi connectivity index (χ3v) is 7.13. The fraction of sp³-hybridized carbons (Fsp3) is 0.484. The maximum absolute atomic E-state index is 5.86. The summed E-state index contributed by atoms with van der Waals surface area (Å²) in [7, 11) is 0. The Labute approximate surface area is 206 Å². The second-order valence-corrected chi connectivity index (χ2v) is 9.82. The molecule has 0 aliphatic heterocycles. The van der Waals surface area contributed by atoms with Gasteiger partial charge in [0, 0.05) is 5.56 Å². The zero-order valence-corrected chi connectivity index (χ0v) is 20.8.